The van der Waals surface area contributed by atoms with Gasteiger partial charge in [-0.2, -0.15) is 0 Å². The summed E-state index contributed by atoms with van der Waals surface area (Å²) in [5.41, 5.74) is -0.511. The highest BCUT2D eigenvalue weighted by Crippen LogP contribution is 2.36. The van der Waals surface area contributed by atoms with Crippen LogP contribution in [-0.2, 0) is 4.79 Å². The molecule has 0 bridgehead atoms. The molecule has 0 spiro atoms. The summed E-state index contributed by atoms with van der Waals surface area (Å²) in [6.45, 7) is 6.27. The highest BCUT2D eigenvalue weighted by atomic mass is 16.4. The van der Waals surface area contributed by atoms with Gasteiger partial charge in [-0.05, 0) is 38.8 Å². The molecule has 4 heteroatoms. The summed E-state index contributed by atoms with van der Waals surface area (Å²) in [5.74, 6) is -0.643. The van der Waals surface area contributed by atoms with Crippen molar-refractivity contribution in [1.29, 1.82) is 0 Å². The second kappa shape index (κ2) is 6.36. The van der Waals surface area contributed by atoms with Crippen molar-refractivity contribution in [2.45, 2.75) is 52.1 Å². The van der Waals surface area contributed by atoms with E-state index in [0.29, 0.717) is 19.4 Å². The van der Waals surface area contributed by atoms with Gasteiger partial charge in [0.1, 0.15) is 0 Å². The Morgan fingerprint density at radius 1 is 1.35 bits per heavy atom. The number of rotatable bonds is 6. The number of β-amino-alcohol motifs (C(OH)–C–C–N with tert-alkyl or cyclic N) is 1. The summed E-state index contributed by atoms with van der Waals surface area (Å²) >= 11 is 0. The van der Waals surface area contributed by atoms with E-state index in [9.17, 15) is 15.0 Å². The molecule has 0 aliphatic carbocycles. The molecular weight excluding hydrogens is 218 g/mol. The number of hydrogen-bond donors (Lipinski definition) is 2. The fourth-order valence-corrected chi connectivity index (χ4v) is 2.64. The van der Waals surface area contributed by atoms with E-state index in [2.05, 4.69) is 4.90 Å². The number of carbonyl (C=O) groups is 1. The molecule has 2 N–H and O–H groups in total. The van der Waals surface area contributed by atoms with Crippen LogP contribution in [-0.4, -0.2) is 46.8 Å². The second-order valence-corrected chi connectivity index (χ2v) is 5.20. The molecule has 0 saturated carbocycles. The van der Waals surface area contributed by atoms with Crippen molar-refractivity contribution >= 4 is 5.97 Å². The summed E-state index contributed by atoms with van der Waals surface area (Å²) in [5, 5.41) is 19.0. The molecule has 1 atom stereocenters. The number of aliphatic carboxylic acids is 1. The topological polar surface area (TPSA) is 60.8 Å². The van der Waals surface area contributed by atoms with Crippen LogP contribution in [0.4, 0.5) is 0 Å². The minimum absolute atomic E-state index is 0.279. The lowest BCUT2D eigenvalue weighted by molar-refractivity contribution is -0.152. The Bertz CT molecular complexity index is 247. The van der Waals surface area contributed by atoms with Crippen LogP contribution in [0.5, 0.6) is 0 Å². The molecular formula is C13H25NO3. The molecule has 1 aliphatic heterocycles. The number of aliphatic hydroxyl groups excluding tert-OH is 1. The third kappa shape index (κ3) is 3.68. The van der Waals surface area contributed by atoms with Gasteiger partial charge < -0.3 is 15.1 Å². The fraction of sp³-hybridized carbons (Fsp3) is 0.923. The van der Waals surface area contributed by atoms with Gasteiger partial charge in [-0.3, -0.25) is 4.79 Å². The zero-order valence-electron chi connectivity index (χ0n) is 11.0. The van der Waals surface area contributed by atoms with Crippen molar-refractivity contribution in [1.82, 2.24) is 4.90 Å². The average Bonchev–Trinajstić information content (AvgIpc) is 2.31. The molecule has 1 aliphatic rings. The van der Waals surface area contributed by atoms with Gasteiger partial charge in [0.2, 0.25) is 0 Å². The van der Waals surface area contributed by atoms with Crippen molar-refractivity contribution in [3.8, 4) is 0 Å². The lowest BCUT2D eigenvalue weighted by atomic mass is 9.75. The summed E-state index contributed by atoms with van der Waals surface area (Å²) in [6, 6.07) is 0. The normalized spacial score (nSPS) is 22.3. The first-order valence-electron chi connectivity index (χ1n) is 6.68. The average molecular weight is 243 g/mol. The second-order valence-electron chi connectivity index (χ2n) is 5.20. The number of nitrogens with zero attached hydrogens (tertiary/aromatic N) is 1. The highest BCUT2D eigenvalue weighted by molar-refractivity contribution is 5.74. The van der Waals surface area contributed by atoms with Gasteiger partial charge in [-0.1, -0.05) is 20.3 Å². The van der Waals surface area contributed by atoms with Crippen LogP contribution in [0.1, 0.15) is 46.0 Å². The lowest BCUT2D eigenvalue weighted by Crippen LogP contribution is -2.46. The first-order chi connectivity index (χ1) is 8.04. The zero-order valence-corrected chi connectivity index (χ0v) is 11.0. The summed E-state index contributed by atoms with van der Waals surface area (Å²) in [6.07, 6.45) is 3.60. The fourth-order valence-electron chi connectivity index (χ4n) is 2.64. The first-order valence-corrected chi connectivity index (χ1v) is 6.68. The lowest BCUT2D eigenvalue weighted by Gasteiger charge is -2.39. The smallest absolute Gasteiger partial charge is 0.309 e. The van der Waals surface area contributed by atoms with E-state index in [1.165, 1.54) is 0 Å². The van der Waals surface area contributed by atoms with E-state index in [0.717, 1.165) is 32.4 Å². The largest absolute Gasteiger partial charge is 0.481 e. The Morgan fingerprint density at radius 2 is 1.94 bits per heavy atom. The number of carboxylic acid groups (broad SMARTS) is 1. The third-order valence-corrected chi connectivity index (χ3v) is 3.94. The Morgan fingerprint density at radius 3 is 2.35 bits per heavy atom. The van der Waals surface area contributed by atoms with E-state index in [1.807, 2.05) is 13.8 Å². The van der Waals surface area contributed by atoms with Crippen LogP contribution >= 0.6 is 0 Å². The number of carboxylic acids is 1. The molecule has 0 aromatic rings. The van der Waals surface area contributed by atoms with Gasteiger partial charge in [0.05, 0.1) is 11.5 Å². The summed E-state index contributed by atoms with van der Waals surface area (Å²) in [7, 11) is 0. The highest BCUT2D eigenvalue weighted by Gasteiger charge is 2.40. The van der Waals surface area contributed by atoms with Gasteiger partial charge >= 0.3 is 5.97 Å². The SMILES string of the molecule is CCCC1(C(=O)O)CCN(CC(O)CC)CC1. The van der Waals surface area contributed by atoms with Gasteiger partial charge in [-0.15, -0.1) is 0 Å². The van der Waals surface area contributed by atoms with Crippen LogP contribution in [0.2, 0.25) is 0 Å². The standard InChI is InChI=1S/C13H25NO3/c1-3-5-13(12(16)17)6-8-14(9-7-13)10-11(15)4-2/h11,15H,3-10H2,1-2H3,(H,16,17). The Labute approximate surface area is 104 Å². The maximum absolute atomic E-state index is 11.4. The van der Waals surface area contributed by atoms with E-state index >= 15 is 0 Å². The quantitative estimate of drug-likeness (QED) is 0.746. The molecule has 1 unspecified atom stereocenters. The molecule has 0 aromatic carbocycles. The molecule has 1 heterocycles. The van der Waals surface area contributed by atoms with Crippen LogP contribution in [0.3, 0.4) is 0 Å². The van der Waals surface area contributed by atoms with Gasteiger partial charge in [0.15, 0.2) is 0 Å². The number of piperidine rings is 1. The minimum Gasteiger partial charge on any atom is -0.481 e. The van der Waals surface area contributed by atoms with E-state index in [-0.39, 0.29) is 6.10 Å². The molecule has 0 amide bonds. The maximum atomic E-state index is 11.4. The summed E-state index contributed by atoms with van der Waals surface area (Å²) < 4.78 is 0. The first kappa shape index (κ1) is 14.5. The Kier molecular flexibility index (Phi) is 5.40. The van der Waals surface area contributed by atoms with Gasteiger partial charge in [0.25, 0.3) is 0 Å². The van der Waals surface area contributed by atoms with E-state index in [4.69, 9.17) is 0 Å². The van der Waals surface area contributed by atoms with E-state index in [1.54, 1.807) is 0 Å². The predicted molar refractivity (Wildman–Crippen MR) is 66.9 cm³/mol. The molecule has 1 saturated heterocycles. The zero-order chi connectivity index (χ0) is 12.9. The van der Waals surface area contributed by atoms with Crippen LogP contribution in [0.15, 0.2) is 0 Å². The molecule has 100 valence electrons. The van der Waals surface area contributed by atoms with E-state index < -0.39 is 11.4 Å². The number of hydrogen-bond acceptors (Lipinski definition) is 3. The number of aliphatic hydroxyl groups is 1. The molecule has 17 heavy (non-hydrogen) atoms. The molecule has 4 nitrogen and oxygen atoms in total. The van der Waals surface area contributed by atoms with Crippen molar-refractivity contribution in [3.63, 3.8) is 0 Å². The molecule has 1 rings (SSSR count). The molecule has 0 radical (unpaired) electrons. The van der Waals surface area contributed by atoms with Crippen LogP contribution in [0.25, 0.3) is 0 Å². The monoisotopic (exact) mass is 243 g/mol. The Hall–Kier alpha value is -0.610. The van der Waals surface area contributed by atoms with Crippen molar-refractivity contribution < 1.29 is 15.0 Å². The predicted octanol–water partition coefficient (Wildman–Crippen LogP) is 1.72. The van der Waals surface area contributed by atoms with Gasteiger partial charge in [0, 0.05) is 6.54 Å². The summed E-state index contributed by atoms with van der Waals surface area (Å²) in [4.78, 5) is 13.6. The van der Waals surface area contributed by atoms with Crippen LogP contribution in [0, 0.1) is 5.41 Å². The van der Waals surface area contributed by atoms with Crippen molar-refractivity contribution in [2.75, 3.05) is 19.6 Å². The van der Waals surface area contributed by atoms with Gasteiger partial charge in [-0.25, -0.2) is 0 Å². The Balaban J connectivity index is 2.50. The molecule has 0 aromatic heterocycles. The van der Waals surface area contributed by atoms with Crippen molar-refractivity contribution in [2.24, 2.45) is 5.41 Å². The van der Waals surface area contributed by atoms with Crippen LogP contribution < -0.4 is 0 Å². The van der Waals surface area contributed by atoms with Crippen molar-refractivity contribution in [3.05, 3.63) is 0 Å². The maximum Gasteiger partial charge on any atom is 0.309 e. The minimum atomic E-state index is -0.643. The number of likely N-dealkylation sites (tertiary alicyclic amines) is 1. The third-order valence-electron chi connectivity index (χ3n) is 3.94. The molecule has 1 fully saturated rings.